The number of sulfonamides is 1. The van der Waals surface area contributed by atoms with E-state index in [4.69, 9.17) is 0 Å². The number of hydrogen-bond acceptors (Lipinski definition) is 6. The number of anilines is 2. The van der Waals surface area contributed by atoms with Crippen LogP contribution < -0.4 is 10.0 Å². The summed E-state index contributed by atoms with van der Waals surface area (Å²) in [5.74, 6) is 0.446. The molecule has 22 heavy (non-hydrogen) atoms. The maximum absolute atomic E-state index is 12.4. The van der Waals surface area contributed by atoms with Gasteiger partial charge in [-0.25, -0.2) is 13.4 Å². The van der Waals surface area contributed by atoms with Crippen molar-refractivity contribution in [1.29, 1.82) is 0 Å². The molecule has 0 spiro atoms. The maximum atomic E-state index is 12.4. The fourth-order valence-corrected chi connectivity index (χ4v) is 4.72. The van der Waals surface area contributed by atoms with E-state index in [2.05, 4.69) is 15.0 Å². The summed E-state index contributed by atoms with van der Waals surface area (Å²) in [5, 5.41) is 4.77. The number of benzene rings is 1. The summed E-state index contributed by atoms with van der Waals surface area (Å²) < 4.78 is 27.1. The Hall–Kier alpha value is -1.58. The molecule has 0 aliphatic carbocycles. The van der Waals surface area contributed by atoms with Gasteiger partial charge in [0, 0.05) is 28.1 Å². The molecule has 2 aromatic rings. The van der Waals surface area contributed by atoms with E-state index in [1.165, 1.54) is 41.4 Å². The molecule has 2 N–H and O–H groups in total. The van der Waals surface area contributed by atoms with Crippen molar-refractivity contribution >= 4 is 49.8 Å². The molecule has 9 heteroatoms. The smallest absolute Gasteiger partial charge is 0.263 e. The van der Waals surface area contributed by atoms with E-state index in [-0.39, 0.29) is 16.7 Å². The Labute approximate surface area is 136 Å². The number of thiazole rings is 1. The molecule has 0 bridgehead atoms. The van der Waals surface area contributed by atoms with E-state index < -0.39 is 10.0 Å². The lowest BCUT2D eigenvalue weighted by atomic mass is 10.2. The number of amides is 1. The number of fused-ring (bicyclic) bond motifs is 1. The van der Waals surface area contributed by atoms with E-state index in [1.54, 1.807) is 11.4 Å². The molecular formula is C13H13N3O3S3. The number of hydrogen-bond donors (Lipinski definition) is 2. The normalized spacial score (nSPS) is 18.2. The molecule has 1 atom stereocenters. The molecule has 2 heterocycles. The maximum Gasteiger partial charge on any atom is 0.263 e. The number of thioether (sulfide) groups is 1. The van der Waals surface area contributed by atoms with E-state index >= 15 is 0 Å². The molecule has 0 saturated carbocycles. The number of nitrogens with zero attached hydrogens (tertiary/aromatic N) is 1. The van der Waals surface area contributed by atoms with Crippen LogP contribution in [0.15, 0.2) is 39.6 Å². The Morgan fingerprint density at radius 3 is 2.95 bits per heavy atom. The topological polar surface area (TPSA) is 88.2 Å². The van der Waals surface area contributed by atoms with Crippen LogP contribution in [0.25, 0.3) is 0 Å². The number of aromatic nitrogens is 1. The molecule has 1 aliphatic rings. The molecule has 0 saturated heterocycles. The third-order valence-corrected chi connectivity index (χ3v) is 6.60. The molecule has 116 valence electrons. The van der Waals surface area contributed by atoms with Crippen molar-refractivity contribution in [3.63, 3.8) is 0 Å². The molecule has 0 radical (unpaired) electrons. The van der Waals surface area contributed by atoms with Gasteiger partial charge >= 0.3 is 0 Å². The first-order chi connectivity index (χ1) is 10.5. The highest BCUT2D eigenvalue weighted by molar-refractivity contribution is 7.99. The number of carbonyl (C=O) groups excluding carboxylic acids is 1. The lowest BCUT2D eigenvalue weighted by molar-refractivity contribution is -0.118. The Morgan fingerprint density at radius 1 is 1.41 bits per heavy atom. The van der Waals surface area contributed by atoms with E-state index in [0.717, 1.165) is 4.90 Å². The summed E-state index contributed by atoms with van der Waals surface area (Å²) in [6, 6.07) is 4.73. The zero-order valence-electron chi connectivity index (χ0n) is 11.6. The largest absolute Gasteiger partial charge is 0.325 e. The van der Waals surface area contributed by atoms with Gasteiger partial charge in [0.15, 0.2) is 5.13 Å². The average Bonchev–Trinajstić information content (AvgIpc) is 2.92. The van der Waals surface area contributed by atoms with Crippen molar-refractivity contribution in [1.82, 2.24) is 4.98 Å². The fraction of sp³-hybridized carbons (Fsp3) is 0.231. The monoisotopic (exact) mass is 355 g/mol. The average molecular weight is 355 g/mol. The summed E-state index contributed by atoms with van der Waals surface area (Å²) >= 11 is 2.74. The molecule has 1 unspecified atom stereocenters. The molecule has 1 aliphatic heterocycles. The van der Waals surface area contributed by atoms with Crippen molar-refractivity contribution in [2.24, 2.45) is 5.92 Å². The molecule has 1 aromatic heterocycles. The minimum absolute atomic E-state index is 0.0944. The first-order valence-corrected chi connectivity index (χ1v) is 9.80. The van der Waals surface area contributed by atoms with Crippen molar-refractivity contribution < 1.29 is 13.2 Å². The van der Waals surface area contributed by atoms with Crippen LogP contribution in [0.2, 0.25) is 0 Å². The molecule has 1 amide bonds. The van der Waals surface area contributed by atoms with Crippen LogP contribution >= 0.6 is 23.1 Å². The quantitative estimate of drug-likeness (QED) is 0.884. The number of rotatable bonds is 3. The van der Waals surface area contributed by atoms with Crippen LogP contribution in [0.3, 0.4) is 0 Å². The van der Waals surface area contributed by atoms with Gasteiger partial charge in [-0.3, -0.25) is 9.52 Å². The van der Waals surface area contributed by atoms with Gasteiger partial charge in [-0.1, -0.05) is 6.92 Å². The van der Waals surface area contributed by atoms with Gasteiger partial charge in [0.2, 0.25) is 5.91 Å². The Bertz CT molecular complexity index is 803. The van der Waals surface area contributed by atoms with Crippen LogP contribution in [-0.2, 0) is 14.8 Å². The Kier molecular flexibility index (Phi) is 4.11. The van der Waals surface area contributed by atoms with E-state index in [0.29, 0.717) is 16.6 Å². The zero-order chi connectivity index (χ0) is 15.7. The van der Waals surface area contributed by atoms with Crippen molar-refractivity contribution in [2.75, 3.05) is 15.8 Å². The minimum atomic E-state index is -3.72. The van der Waals surface area contributed by atoms with Crippen LogP contribution in [0.1, 0.15) is 6.92 Å². The standard InChI is InChI=1S/C13H13N3O3S3/c1-8-7-21-11-3-2-9(6-10(11)15-12(8)17)22(18,19)16-13-14-4-5-20-13/h2-6,8H,7H2,1H3,(H,14,16)(H,15,17). The van der Waals surface area contributed by atoms with Crippen LogP contribution in [0.5, 0.6) is 0 Å². The summed E-state index contributed by atoms with van der Waals surface area (Å²) in [6.07, 6.45) is 1.53. The van der Waals surface area contributed by atoms with Crippen LogP contribution in [0, 0.1) is 5.92 Å². The van der Waals surface area contributed by atoms with Gasteiger partial charge in [-0.2, -0.15) is 0 Å². The van der Waals surface area contributed by atoms with Gasteiger partial charge in [0.05, 0.1) is 10.6 Å². The van der Waals surface area contributed by atoms with Crippen LogP contribution in [-0.4, -0.2) is 25.1 Å². The Morgan fingerprint density at radius 2 is 2.23 bits per heavy atom. The van der Waals surface area contributed by atoms with Gasteiger partial charge in [0.25, 0.3) is 10.0 Å². The zero-order valence-corrected chi connectivity index (χ0v) is 14.0. The Balaban J connectivity index is 1.93. The van der Waals surface area contributed by atoms with E-state index in [1.807, 2.05) is 6.92 Å². The molecule has 1 aromatic carbocycles. The summed E-state index contributed by atoms with van der Waals surface area (Å²) in [6.45, 7) is 1.84. The van der Waals surface area contributed by atoms with Crippen LogP contribution in [0.4, 0.5) is 10.8 Å². The fourth-order valence-electron chi connectivity index (χ4n) is 1.89. The molecule has 6 nitrogen and oxygen atoms in total. The van der Waals surface area contributed by atoms with E-state index in [9.17, 15) is 13.2 Å². The predicted octanol–water partition coefficient (Wildman–Crippen LogP) is 2.62. The minimum Gasteiger partial charge on any atom is -0.325 e. The predicted molar refractivity (Wildman–Crippen MR) is 87.9 cm³/mol. The highest BCUT2D eigenvalue weighted by Gasteiger charge is 2.23. The van der Waals surface area contributed by atoms with Crippen molar-refractivity contribution in [3.8, 4) is 0 Å². The second kappa shape index (κ2) is 5.90. The van der Waals surface area contributed by atoms with Crippen molar-refractivity contribution in [3.05, 3.63) is 29.8 Å². The number of nitrogens with one attached hydrogen (secondary N) is 2. The van der Waals surface area contributed by atoms with Gasteiger partial charge in [-0.15, -0.1) is 23.1 Å². The first kappa shape index (κ1) is 15.3. The summed E-state index contributed by atoms with van der Waals surface area (Å²) in [4.78, 5) is 16.8. The SMILES string of the molecule is CC1CSc2ccc(S(=O)(=O)Nc3nccs3)cc2NC1=O. The highest BCUT2D eigenvalue weighted by Crippen LogP contribution is 2.34. The van der Waals surface area contributed by atoms with Gasteiger partial charge < -0.3 is 5.32 Å². The highest BCUT2D eigenvalue weighted by atomic mass is 32.2. The second-order valence-corrected chi connectivity index (χ2v) is 8.44. The number of carbonyl (C=O) groups is 1. The van der Waals surface area contributed by atoms with Gasteiger partial charge in [-0.05, 0) is 18.2 Å². The lowest BCUT2D eigenvalue weighted by Gasteiger charge is -2.10. The van der Waals surface area contributed by atoms with Gasteiger partial charge in [0.1, 0.15) is 0 Å². The first-order valence-electron chi connectivity index (χ1n) is 6.46. The lowest BCUT2D eigenvalue weighted by Crippen LogP contribution is -2.20. The second-order valence-electron chi connectivity index (χ2n) is 4.80. The third kappa shape index (κ3) is 3.11. The third-order valence-electron chi connectivity index (χ3n) is 3.11. The summed E-state index contributed by atoms with van der Waals surface area (Å²) in [5.41, 5.74) is 0.529. The molecule has 3 rings (SSSR count). The summed E-state index contributed by atoms with van der Waals surface area (Å²) in [7, 11) is -3.72. The molecular weight excluding hydrogens is 342 g/mol. The molecule has 0 fully saturated rings. The van der Waals surface area contributed by atoms with Crippen molar-refractivity contribution in [2.45, 2.75) is 16.7 Å².